The fraction of sp³-hybridized carbons (Fsp3) is 0.250. The smallest absolute Gasteiger partial charge is 0.0929 e. The summed E-state index contributed by atoms with van der Waals surface area (Å²) in [4.78, 5) is 7.49. The molecule has 1 aromatic carbocycles. The number of aromatic nitrogens is 2. The Bertz CT molecular complexity index is 465. The summed E-state index contributed by atoms with van der Waals surface area (Å²) in [6, 6.07) is 7.76. The number of halogens is 1. The minimum absolute atomic E-state index is 0.736. The minimum Gasteiger partial charge on any atom is -0.348 e. The van der Waals surface area contributed by atoms with Gasteiger partial charge in [0, 0.05) is 24.2 Å². The summed E-state index contributed by atoms with van der Waals surface area (Å²) in [7, 11) is 1.94. The van der Waals surface area contributed by atoms with Gasteiger partial charge >= 0.3 is 0 Å². The van der Waals surface area contributed by atoms with Gasteiger partial charge in [-0.3, -0.25) is 0 Å². The SMILES string of the molecule is CNCCc1[nH]cnc1-c1ccccc1Cl. The van der Waals surface area contributed by atoms with Crippen LogP contribution in [0.3, 0.4) is 0 Å². The van der Waals surface area contributed by atoms with Gasteiger partial charge < -0.3 is 10.3 Å². The second-order valence-electron chi connectivity index (χ2n) is 3.56. The summed E-state index contributed by atoms with van der Waals surface area (Å²) in [6.07, 6.45) is 2.63. The number of benzene rings is 1. The first kappa shape index (κ1) is 11.2. The van der Waals surface area contributed by atoms with E-state index in [9.17, 15) is 0 Å². The van der Waals surface area contributed by atoms with Gasteiger partial charge in [-0.25, -0.2) is 4.98 Å². The van der Waals surface area contributed by atoms with E-state index in [4.69, 9.17) is 11.6 Å². The lowest BCUT2D eigenvalue weighted by atomic mass is 10.1. The van der Waals surface area contributed by atoms with Crippen molar-refractivity contribution in [3.8, 4) is 11.3 Å². The number of nitrogens with zero attached hydrogens (tertiary/aromatic N) is 1. The van der Waals surface area contributed by atoms with E-state index in [1.54, 1.807) is 6.33 Å². The molecule has 2 N–H and O–H groups in total. The van der Waals surface area contributed by atoms with Gasteiger partial charge in [0.05, 0.1) is 17.0 Å². The Morgan fingerprint density at radius 3 is 2.94 bits per heavy atom. The molecule has 0 radical (unpaired) electrons. The Morgan fingerprint density at radius 2 is 2.19 bits per heavy atom. The first-order valence-corrected chi connectivity index (χ1v) is 5.62. The highest BCUT2D eigenvalue weighted by atomic mass is 35.5. The highest BCUT2D eigenvalue weighted by Gasteiger charge is 2.10. The van der Waals surface area contributed by atoms with Crippen molar-refractivity contribution in [3.05, 3.63) is 41.3 Å². The normalized spacial score (nSPS) is 10.6. The fourth-order valence-corrected chi connectivity index (χ4v) is 1.87. The summed E-state index contributed by atoms with van der Waals surface area (Å²) in [5.41, 5.74) is 3.04. The van der Waals surface area contributed by atoms with Crippen molar-refractivity contribution in [2.24, 2.45) is 0 Å². The summed E-state index contributed by atoms with van der Waals surface area (Å²) < 4.78 is 0. The molecule has 0 atom stereocenters. The number of imidazole rings is 1. The molecule has 3 nitrogen and oxygen atoms in total. The van der Waals surface area contributed by atoms with Crippen molar-refractivity contribution in [2.45, 2.75) is 6.42 Å². The molecule has 1 heterocycles. The van der Waals surface area contributed by atoms with Crippen molar-refractivity contribution in [3.63, 3.8) is 0 Å². The van der Waals surface area contributed by atoms with Gasteiger partial charge in [0.1, 0.15) is 0 Å². The highest BCUT2D eigenvalue weighted by Crippen LogP contribution is 2.27. The first-order valence-electron chi connectivity index (χ1n) is 5.24. The van der Waals surface area contributed by atoms with Gasteiger partial charge in [-0.05, 0) is 13.1 Å². The Hall–Kier alpha value is -1.32. The van der Waals surface area contributed by atoms with Crippen LogP contribution in [0.25, 0.3) is 11.3 Å². The van der Waals surface area contributed by atoms with Gasteiger partial charge in [0.25, 0.3) is 0 Å². The van der Waals surface area contributed by atoms with E-state index in [0.717, 1.165) is 34.9 Å². The highest BCUT2D eigenvalue weighted by molar-refractivity contribution is 6.33. The van der Waals surface area contributed by atoms with E-state index in [-0.39, 0.29) is 0 Å². The lowest BCUT2D eigenvalue weighted by molar-refractivity contribution is 0.781. The zero-order valence-electron chi connectivity index (χ0n) is 9.13. The van der Waals surface area contributed by atoms with Crippen molar-refractivity contribution in [2.75, 3.05) is 13.6 Å². The lowest BCUT2D eigenvalue weighted by Gasteiger charge is -2.04. The Morgan fingerprint density at radius 1 is 1.38 bits per heavy atom. The van der Waals surface area contributed by atoms with Gasteiger partial charge in [0.2, 0.25) is 0 Å². The van der Waals surface area contributed by atoms with Crippen molar-refractivity contribution >= 4 is 11.6 Å². The van der Waals surface area contributed by atoms with Crippen LogP contribution in [0.15, 0.2) is 30.6 Å². The quantitative estimate of drug-likeness (QED) is 0.855. The molecule has 0 unspecified atom stereocenters. The van der Waals surface area contributed by atoms with Crippen molar-refractivity contribution < 1.29 is 0 Å². The number of hydrogen-bond acceptors (Lipinski definition) is 2. The van der Waals surface area contributed by atoms with E-state index < -0.39 is 0 Å². The summed E-state index contributed by atoms with van der Waals surface area (Å²) >= 11 is 6.15. The number of likely N-dealkylation sites (N-methyl/N-ethyl adjacent to an activating group) is 1. The van der Waals surface area contributed by atoms with Crippen LogP contribution in [0, 0.1) is 0 Å². The standard InChI is InChI=1S/C12H14ClN3/c1-14-7-6-11-12(16-8-15-11)9-4-2-3-5-10(9)13/h2-5,8,14H,6-7H2,1H3,(H,15,16). The Kier molecular flexibility index (Phi) is 3.59. The molecule has 0 spiro atoms. The first-order chi connectivity index (χ1) is 7.83. The maximum Gasteiger partial charge on any atom is 0.0929 e. The molecule has 0 saturated heterocycles. The third-order valence-corrected chi connectivity index (χ3v) is 2.80. The topological polar surface area (TPSA) is 40.7 Å². The Labute approximate surface area is 99.9 Å². The van der Waals surface area contributed by atoms with Crippen LogP contribution in [0.5, 0.6) is 0 Å². The van der Waals surface area contributed by atoms with E-state index >= 15 is 0 Å². The zero-order chi connectivity index (χ0) is 11.4. The summed E-state index contributed by atoms with van der Waals surface area (Å²) in [5, 5.41) is 3.85. The van der Waals surface area contributed by atoms with Crippen LogP contribution in [0.4, 0.5) is 0 Å². The van der Waals surface area contributed by atoms with Crippen LogP contribution < -0.4 is 5.32 Å². The Balaban J connectivity index is 2.33. The van der Waals surface area contributed by atoms with Gasteiger partial charge in [0.15, 0.2) is 0 Å². The molecule has 1 aromatic heterocycles. The lowest BCUT2D eigenvalue weighted by Crippen LogP contribution is -2.11. The largest absolute Gasteiger partial charge is 0.348 e. The molecule has 0 fully saturated rings. The van der Waals surface area contributed by atoms with Crippen molar-refractivity contribution in [1.29, 1.82) is 0 Å². The summed E-state index contributed by atoms with van der Waals surface area (Å²) in [6.45, 7) is 0.916. The molecule has 0 aliphatic rings. The fourth-order valence-electron chi connectivity index (χ4n) is 1.65. The second-order valence-corrected chi connectivity index (χ2v) is 3.97. The summed E-state index contributed by atoms with van der Waals surface area (Å²) in [5.74, 6) is 0. The van der Waals surface area contributed by atoms with E-state index in [1.807, 2.05) is 31.3 Å². The van der Waals surface area contributed by atoms with E-state index in [1.165, 1.54) is 0 Å². The van der Waals surface area contributed by atoms with Crippen LogP contribution in [-0.4, -0.2) is 23.6 Å². The molecule has 2 aromatic rings. The van der Waals surface area contributed by atoms with Gasteiger partial charge in [-0.2, -0.15) is 0 Å². The zero-order valence-corrected chi connectivity index (χ0v) is 9.88. The number of hydrogen-bond donors (Lipinski definition) is 2. The number of nitrogens with one attached hydrogen (secondary N) is 2. The van der Waals surface area contributed by atoms with Crippen molar-refractivity contribution in [1.82, 2.24) is 15.3 Å². The number of rotatable bonds is 4. The molecular weight excluding hydrogens is 222 g/mol. The molecule has 0 saturated carbocycles. The van der Waals surface area contributed by atoms with Crippen LogP contribution in [0.1, 0.15) is 5.69 Å². The van der Waals surface area contributed by atoms with E-state index in [2.05, 4.69) is 15.3 Å². The third-order valence-electron chi connectivity index (χ3n) is 2.47. The van der Waals surface area contributed by atoms with Crippen LogP contribution >= 0.6 is 11.6 Å². The van der Waals surface area contributed by atoms with Gasteiger partial charge in [-0.15, -0.1) is 0 Å². The van der Waals surface area contributed by atoms with E-state index in [0.29, 0.717) is 0 Å². The van der Waals surface area contributed by atoms with Gasteiger partial charge in [-0.1, -0.05) is 29.8 Å². The minimum atomic E-state index is 0.736. The molecule has 0 aliphatic heterocycles. The second kappa shape index (κ2) is 5.14. The molecule has 84 valence electrons. The average molecular weight is 236 g/mol. The predicted molar refractivity (Wildman–Crippen MR) is 66.7 cm³/mol. The number of H-pyrrole nitrogens is 1. The molecule has 16 heavy (non-hydrogen) atoms. The molecular formula is C12H14ClN3. The maximum atomic E-state index is 6.15. The number of aromatic amines is 1. The third kappa shape index (κ3) is 2.26. The predicted octanol–water partition coefficient (Wildman–Crippen LogP) is 2.49. The maximum absolute atomic E-state index is 6.15. The van der Waals surface area contributed by atoms with Crippen LogP contribution in [0.2, 0.25) is 5.02 Å². The molecule has 0 aliphatic carbocycles. The monoisotopic (exact) mass is 235 g/mol. The molecule has 0 bridgehead atoms. The van der Waals surface area contributed by atoms with Crippen LogP contribution in [-0.2, 0) is 6.42 Å². The average Bonchev–Trinajstić information content (AvgIpc) is 2.75. The molecule has 0 amide bonds. The molecule has 2 rings (SSSR count). The molecule has 4 heteroatoms.